The number of amides is 1. The summed E-state index contributed by atoms with van der Waals surface area (Å²) in [6.45, 7) is 4.30. The van der Waals surface area contributed by atoms with Crippen molar-refractivity contribution in [1.82, 2.24) is 4.90 Å². The van der Waals surface area contributed by atoms with Crippen LogP contribution < -0.4 is 5.73 Å². The van der Waals surface area contributed by atoms with Gasteiger partial charge < -0.3 is 15.4 Å². The minimum Gasteiger partial charge on any atom is -0.381 e. The molecule has 1 aromatic carbocycles. The van der Waals surface area contributed by atoms with E-state index < -0.39 is 0 Å². The van der Waals surface area contributed by atoms with E-state index in [2.05, 4.69) is 12.1 Å². The summed E-state index contributed by atoms with van der Waals surface area (Å²) in [7, 11) is 0. The predicted octanol–water partition coefficient (Wildman–Crippen LogP) is 1.50. The monoisotopic (exact) mass is 262 g/mol. The standard InChI is InChI=1S/C15H22N2O2/c1-2-19-10-8-15(18)17-9-7-12-5-3-4-6-13(12)14(17)11-16/h3-6,14H,2,7-11,16H2,1H3. The highest BCUT2D eigenvalue weighted by Gasteiger charge is 2.28. The molecule has 0 aliphatic carbocycles. The summed E-state index contributed by atoms with van der Waals surface area (Å²) in [5.74, 6) is 0.137. The van der Waals surface area contributed by atoms with Crippen molar-refractivity contribution in [2.45, 2.75) is 25.8 Å². The van der Waals surface area contributed by atoms with Crippen LogP contribution in [0.1, 0.15) is 30.5 Å². The first-order valence-corrected chi connectivity index (χ1v) is 6.93. The van der Waals surface area contributed by atoms with Gasteiger partial charge in [-0.1, -0.05) is 24.3 Å². The van der Waals surface area contributed by atoms with Gasteiger partial charge in [0, 0.05) is 19.7 Å². The molecule has 1 unspecified atom stereocenters. The maximum Gasteiger partial charge on any atom is 0.225 e. The van der Waals surface area contributed by atoms with Crippen LogP contribution in [0.4, 0.5) is 0 Å². The second-order valence-electron chi connectivity index (χ2n) is 4.73. The van der Waals surface area contributed by atoms with Gasteiger partial charge in [-0.3, -0.25) is 4.79 Å². The Hall–Kier alpha value is -1.39. The average molecular weight is 262 g/mol. The van der Waals surface area contributed by atoms with E-state index in [-0.39, 0.29) is 11.9 Å². The van der Waals surface area contributed by atoms with E-state index in [1.54, 1.807) is 0 Å². The molecule has 1 amide bonds. The van der Waals surface area contributed by atoms with Gasteiger partial charge >= 0.3 is 0 Å². The van der Waals surface area contributed by atoms with Gasteiger partial charge in [0.2, 0.25) is 5.91 Å². The highest BCUT2D eigenvalue weighted by Crippen LogP contribution is 2.29. The molecule has 2 N–H and O–H groups in total. The number of fused-ring (bicyclic) bond motifs is 1. The van der Waals surface area contributed by atoms with E-state index in [4.69, 9.17) is 10.5 Å². The first kappa shape index (κ1) is 14.0. The maximum atomic E-state index is 12.2. The topological polar surface area (TPSA) is 55.6 Å². The largest absolute Gasteiger partial charge is 0.381 e. The molecule has 1 atom stereocenters. The molecule has 1 aliphatic rings. The summed E-state index contributed by atoms with van der Waals surface area (Å²) in [5.41, 5.74) is 8.38. The highest BCUT2D eigenvalue weighted by atomic mass is 16.5. The van der Waals surface area contributed by atoms with Gasteiger partial charge in [0.1, 0.15) is 0 Å². The zero-order valence-electron chi connectivity index (χ0n) is 11.5. The summed E-state index contributed by atoms with van der Waals surface area (Å²) < 4.78 is 5.25. The number of nitrogens with two attached hydrogens (primary N) is 1. The normalized spacial score (nSPS) is 18.2. The van der Waals surface area contributed by atoms with E-state index >= 15 is 0 Å². The van der Waals surface area contributed by atoms with Gasteiger partial charge in [0.25, 0.3) is 0 Å². The van der Waals surface area contributed by atoms with E-state index in [1.807, 2.05) is 24.0 Å². The Kier molecular flexibility index (Phi) is 4.93. The summed E-state index contributed by atoms with van der Waals surface area (Å²) in [4.78, 5) is 14.1. The number of carbonyl (C=O) groups is 1. The maximum absolute atomic E-state index is 12.2. The average Bonchev–Trinajstić information content (AvgIpc) is 2.46. The SMILES string of the molecule is CCOCCC(=O)N1CCc2ccccc2C1CN. The molecule has 1 aliphatic heterocycles. The van der Waals surface area contributed by atoms with Crippen molar-refractivity contribution in [3.05, 3.63) is 35.4 Å². The van der Waals surface area contributed by atoms with Gasteiger partial charge in [-0.15, -0.1) is 0 Å². The van der Waals surface area contributed by atoms with Crippen LogP contribution in [0.25, 0.3) is 0 Å². The van der Waals surface area contributed by atoms with Gasteiger partial charge in [0.05, 0.1) is 19.1 Å². The molecular formula is C15H22N2O2. The second kappa shape index (κ2) is 6.68. The zero-order chi connectivity index (χ0) is 13.7. The Labute approximate surface area is 114 Å². The predicted molar refractivity (Wildman–Crippen MR) is 74.8 cm³/mol. The van der Waals surface area contributed by atoms with E-state index in [0.717, 1.165) is 13.0 Å². The van der Waals surface area contributed by atoms with Crippen LogP contribution in [0.5, 0.6) is 0 Å². The molecular weight excluding hydrogens is 240 g/mol. The lowest BCUT2D eigenvalue weighted by Crippen LogP contribution is -2.43. The minimum absolute atomic E-state index is 0.0130. The van der Waals surface area contributed by atoms with Gasteiger partial charge in [0.15, 0.2) is 0 Å². The molecule has 0 fully saturated rings. The van der Waals surface area contributed by atoms with Crippen molar-refractivity contribution < 1.29 is 9.53 Å². The molecule has 1 heterocycles. The second-order valence-corrected chi connectivity index (χ2v) is 4.73. The third-order valence-corrected chi connectivity index (χ3v) is 3.62. The number of rotatable bonds is 5. The first-order valence-electron chi connectivity index (χ1n) is 6.93. The lowest BCUT2D eigenvalue weighted by Gasteiger charge is -2.36. The molecule has 0 saturated heterocycles. The number of hydrogen-bond donors (Lipinski definition) is 1. The molecule has 4 heteroatoms. The Morgan fingerprint density at radius 1 is 1.47 bits per heavy atom. The summed E-state index contributed by atoms with van der Waals surface area (Å²) in [5, 5.41) is 0. The van der Waals surface area contributed by atoms with Crippen molar-refractivity contribution in [2.24, 2.45) is 5.73 Å². The van der Waals surface area contributed by atoms with Crippen molar-refractivity contribution in [2.75, 3.05) is 26.3 Å². The van der Waals surface area contributed by atoms with Gasteiger partial charge in [-0.05, 0) is 24.5 Å². The van der Waals surface area contributed by atoms with Crippen LogP contribution >= 0.6 is 0 Å². The van der Waals surface area contributed by atoms with Crippen LogP contribution in [0, 0.1) is 0 Å². The molecule has 1 aromatic rings. The lowest BCUT2D eigenvalue weighted by atomic mass is 9.92. The van der Waals surface area contributed by atoms with Crippen LogP contribution in [0.2, 0.25) is 0 Å². The Morgan fingerprint density at radius 3 is 3.00 bits per heavy atom. The van der Waals surface area contributed by atoms with Crippen molar-refractivity contribution in [3.63, 3.8) is 0 Å². The van der Waals surface area contributed by atoms with Gasteiger partial charge in [-0.25, -0.2) is 0 Å². The van der Waals surface area contributed by atoms with E-state index in [0.29, 0.717) is 26.2 Å². The zero-order valence-corrected chi connectivity index (χ0v) is 11.5. The number of ether oxygens (including phenoxy) is 1. The van der Waals surface area contributed by atoms with Crippen LogP contribution in [-0.4, -0.2) is 37.1 Å². The Morgan fingerprint density at radius 2 is 2.26 bits per heavy atom. The highest BCUT2D eigenvalue weighted by molar-refractivity contribution is 5.77. The summed E-state index contributed by atoms with van der Waals surface area (Å²) in [6, 6.07) is 8.27. The quantitative estimate of drug-likeness (QED) is 0.818. The minimum atomic E-state index is 0.0130. The first-order chi connectivity index (χ1) is 9.27. The van der Waals surface area contributed by atoms with Crippen molar-refractivity contribution in [1.29, 1.82) is 0 Å². The smallest absolute Gasteiger partial charge is 0.225 e. The number of hydrogen-bond acceptors (Lipinski definition) is 3. The molecule has 19 heavy (non-hydrogen) atoms. The third kappa shape index (κ3) is 3.14. The fraction of sp³-hybridized carbons (Fsp3) is 0.533. The van der Waals surface area contributed by atoms with Gasteiger partial charge in [-0.2, -0.15) is 0 Å². The fourth-order valence-corrected chi connectivity index (χ4v) is 2.65. The number of benzene rings is 1. The van der Waals surface area contributed by atoms with Crippen LogP contribution in [0.15, 0.2) is 24.3 Å². The van der Waals surface area contributed by atoms with Crippen LogP contribution in [0.3, 0.4) is 0 Å². The molecule has 4 nitrogen and oxygen atoms in total. The molecule has 104 valence electrons. The fourth-order valence-electron chi connectivity index (χ4n) is 2.65. The molecule has 0 spiro atoms. The molecule has 0 aromatic heterocycles. The van der Waals surface area contributed by atoms with Crippen molar-refractivity contribution >= 4 is 5.91 Å². The molecule has 2 rings (SSSR count). The molecule has 0 saturated carbocycles. The van der Waals surface area contributed by atoms with E-state index in [9.17, 15) is 4.79 Å². The lowest BCUT2D eigenvalue weighted by molar-refractivity contribution is -0.135. The van der Waals surface area contributed by atoms with Crippen molar-refractivity contribution in [3.8, 4) is 0 Å². The summed E-state index contributed by atoms with van der Waals surface area (Å²) >= 11 is 0. The summed E-state index contributed by atoms with van der Waals surface area (Å²) in [6.07, 6.45) is 1.35. The molecule has 0 bridgehead atoms. The van der Waals surface area contributed by atoms with E-state index in [1.165, 1.54) is 11.1 Å². The number of carbonyl (C=O) groups excluding carboxylic acids is 1. The molecule has 0 radical (unpaired) electrons. The Balaban J connectivity index is 2.09. The Bertz CT molecular complexity index is 434. The number of nitrogens with zero attached hydrogens (tertiary/aromatic N) is 1. The van der Waals surface area contributed by atoms with Crippen LogP contribution in [-0.2, 0) is 16.0 Å². The third-order valence-electron chi connectivity index (χ3n) is 3.62.